The Bertz CT molecular complexity index is 766. The molecule has 0 fully saturated rings. The minimum atomic E-state index is -0.830. The van der Waals surface area contributed by atoms with Gasteiger partial charge in [-0.25, -0.2) is 23.5 Å². The molecule has 0 saturated heterocycles. The maximum absolute atomic E-state index is 14.2. The van der Waals surface area contributed by atoms with E-state index in [4.69, 9.17) is 10.5 Å². The van der Waals surface area contributed by atoms with Crippen LogP contribution in [-0.4, -0.2) is 30.2 Å². The van der Waals surface area contributed by atoms with Gasteiger partial charge in [0.25, 0.3) is 0 Å². The predicted molar refractivity (Wildman–Crippen MR) is 79.1 cm³/mol. The third-order valence-electron chi connectivity index (χ3n) is 3.23. The Morgan fingerprint density at radius 1 is 1.22 bits per heavy atom. The van der Waals surface area contributed by atoms with Gasteiger partial charge in [0.1, 0.15) is 11.6 Å². The summed E-state index contributed by atoms with van der Waals surface area (Å²) in [5.41, 5.74) is 5.45. The third-order valence-corrected chi connectivity index (χ3v) is 3.23. The maximum atomic E-state index is 14.2. The van der Waals surface area contributed by atoms with Gasteiger partial charge in [0, 0.05) is 0 Å². The van der Waals surface area contributed by atoms with Crippen molar-refractivity contribution in [3.05, 3.63) is 35.0 Å². The normalized spacial score (nSPS) is 10.5. The van der Waals surface area contributed by atoms with E-state index < -0.39 is 17.6 Å². The molecule has 0 saturated carbocycles. The Balaban J connectivity index is 2.67. The zero-order valence-electron chi connectivity index (χ0n) is 12.8. The first-order valence-electron chi connectivity index (χ1n) is 6.71. The van der Waals surface area contributed by atoms with Gasteiger partial charge in [0.05, 0.1) is 19.8 Å². The van der Waals surface area contributed by atoms with Crippen LogP contribution in [-0.2, 0) is 11.2 Å². The third kappa shape index (κ3) is 3.05. The summed E-state index contributed by atoms with van der Waals surface area (Å²) in [6.45, 7) is 1.70. The second-order valence-corrected chi connectivity index (χ2v) is 4.58. The summed E-state index contributed by atoms with van der Waals surface area (Å²) >= 11 is 0. The topological polar surface area (TPSA) is 87.3 Å². The Hall–Kier alpha value is -2.77. The highest BCUT2D eigenvalue weighted by molar-refractivity contribution is 5.92. The summed E-state index contributed by atoms with van der Waals surface area (Å²) in [5, 5.41) is 0. The molecule has 0 atom stereocenters. The van der Waals surface area contributed by atoms with Gasteiger partial charge in [-0.15, -0.1) is 0 Å². The minimum absolute atomic E-state index is 0.0911. The number of halogens is 2. The SMILES string of the molecule is CCc1cc(F)c(-c2nc(N)c(OC)c(C(=O)OC)n2)cc1F. The number of ether oxygens (including phenoxy) is 2. The lowest BCUT2D eigenvalue weighted by Gasteiger charge is -2.11. The summed E-state index contributed by atoms with van der Waals surface area (Å²) in [6, 6.07) is 2.03. The highest BCUT2D eigenvalue weighted by Crippen LogP contribution is 2.29. The summed E-state index contributed by atoms with van der Waals surface area (Å²) in [4.78, 5) is 19.5. The number of nitrogens with two attached hydrogens (primary N) is 1. The number of benzene rings is 1. The largest absolute Gasteiger partial charge is 0.491 e. The fraction of sp³-hybridized carbons (Fsp3) is 0.267. The standard InChI is InChI=1S/C15H15F2N3O3/c1-4-7-5-10(17)8(6-9(7)16)14-19-11(15(21)23-3)12(22-2)13(18)20-14/h5-6H,4H2,1-3H3,(H2,18,19,20). The van der Waals surface area contributed by atoms with Crippen LogP contribution >= 0.6 is 0 Å². The maximum Gasteiger partial charge on any atom is 0.360 e. The molecule has 0 aliphatic heterocycles. The van der Waals surface area contributed by atoms with E-state index in [9.17, 15) is 13.6 Å². The van der Waals surface area contributed by atoms with Gasteiger partial charge in [-0.05, 0) is 24.1 Å². The van der Waals surface area contributed by atoms with Crippen LogP contribution in [0.25, 0.3) is 11.4 Å². The van der Waals surface area contributed by atoms with Gasteiger partial charge in [-0.1, -0.05) is 6.92 Å². The van der Waals surface area contributed by atoms with E-state index in [0.29, 0.717) is 6.42 Å². The number of nitrogen functional groups attached to an aromatic ring is 1. The van der Waals surface area contributed by atoms with Gasteiger partial charge in [0.15, 0.2) is 23.1 Å². The molecule has 1 aromatic carbocycles. The number of rotatable bonds is 4. The molecule has 2 aromatic rings. The van der Waals surface area contributed by atoms with Gasteiger partial charge >= 0.3 is 5.97 Å². The fourth-order valence-corrected chi connectivity index (χ4v) is 2.05. The lowest BCUT2D eigenvalue weighted by atomic mass is 10.1. The first-order valence-corrected chi connectivity index (χ1v) is 6.71. The molecule has 0 radical (unpaired) electrons. The van der Waals surface area contributed by atoms with E-state index in [1.165, 1.54) is 7.11 Å². The number of carbonyl (C=O) groups is 1. The summed E-state index contributed by atoms with van der Waals surface area (Å²) in [6.07, 6.45) is 0.335. The first kappa shape index (κ1) is 16.6. The van der Waals surface area contributed by atoms with Crippen molar-refractivity contribution in [3.63, 3.8) is 0 Å². The van der Waals surface area contributed by atoms with E-state index in [1.54, 1.807) is 6.92 Å². The molecule has 0 aliphatic rings. The Morgan fingerprint density at radius 3 is 2.48 bits per heavy atom. The van der Waals surface area contributed by atoms with Gasteiger partial charge in [-0.3, -0.25) is 0 Å². The molecule has 1 heterocycles. The number of methoxy groups -OCH3 is 2. The number of nitrogens with zero attached hydrogens (tertiary/aromatic N) is 2. The molecule has 0 spiro atoms. The molecule has 1 aromatic heterocycles. The van der Waals surface area contributed by atoms with E-state index in [-0.39, 0.29) is 34.2 Å². The summed E-state index contributed by atoms with van der Waals surface area (Å²) in [7, 11) is 2.42. The Morgan fingerprint density at radius 2 is 1.91 bits per heavy atom. The van der Waals surface area contributed by atoms with E-state index in [1.807, 2.05) is 0 Å². The van der Waals surface area contributed by atoms with E-state index in [2.05, 4.69) is 14.7 Å². The first-order chi connectivity index (χ1) is 10.9. The number of carbonyl (C=O) groups excluding carboxylic acids is 1. The van der Waals surface area contributed by atoms with Crippen molar-refractivity contribution < 1.29 is 23.0 Å². The minimum Gasteiger partial charge on any atom is -0.491 e. The molecule has 0 unspecified atom stereocenters. The summed E-state index contributed by atoms with van der Waals surface area (Å²) < 4.78 is 37.7. The number of aryl methyl sites for hydroxylation is 1. The molecular formula is C15H15F2N3O3. The Kier molecular flexibility index (Phi) is 4.73. The number of hydrogen-bond donors (Lipinski definition) is 1. The van der Waals surface area contributed by atoms with Crippen molar-refractivity contribution in [2.75, 3.05) is 20.0 Å². The number of aromatic nitrogens is 2. The van der Waals surface area contributed by atoms with Crippen LogP contribution in [0, 0.1) is 11.6 Å². The van der Waals surface area contributed by atoms with E-state index in [0.717, 1.165) is 19.2 Å². The fourth-order valence-electron chi connectivity index (χ4n) is 2.05. The highest BCUT2D eigenvalue weighted by atomic mass is 19.1. The van der Waals surface area contributed by atoms with Crippen LogP contribution in [0.4, 0.5) is 14.6 Å². The van der Waals surface area contributed by atoms with Gasteiger partial charge < -0.3 is 15.2 Å². The molecule has 0 bridgehead atoms. The molecule has 6 nitrogen and oxygen atoms in total. The number of anilines is 1. The number of hydrogen-bond acceptors (Lipinski definition) is 6. The zero-order chi connectivity index (χ0) is 17.1. The molecule has 8 heteroatoms. The van der Waals surface area contributed by atoms with Crippen molar-refractivity contribution in [2.45, 2.75) is 13.3 Å². The second-order valence-electron chi connectivity index (χ2n) is 4.58. The Labute approximate surface area is 131 Å². The molecule has 2 N–H and O–H groups in total. The van der Waals surface area contributed by atoms with Crippen molar-refractivity contribution >= 4 is 11.8 Å². The average Bonchev–Trinajstić information content (AvgIpc) is 2.54. The zero-order valence-corrected chi connectivity index (χ0v) is 12.8. The average molecular weight is 323 g/mol. The van der Waals surface area contributed by atoms with Crippen molar-refractivity contribution in [1.29, 1.82) is 0 Å². The predicted octanol–water partition coefficient (Wildman–Crippen LogP) is 2.36. The van der Waals surface area contributed by atoms with Gasteiger partial charge in [0.2, 0.25) is 0 Å². The van der Waals surface area contributed by atoms with Gasteiger partial charge in [-0.2, -0.15) is 0 Å². The molecular weight excluding hydrogens is 308 g/mol. The van der Waals surface area contributed by atoms with Crippen LogP contribution < -0.4 is 10.5 Å². The molecule has 23 heavy (non-hydrogen) atoms. The van der Waals surface area contributed by atoms with Crippen LogP contribution in [0.2, 0.25) is 0 Å². The van der Waals surface area contributed by atoms with Crippen LogP contribution in [0.3, 0.4) is 0 Å². The van der Waals surface area contributed by atoms with Crippen molar-refractivity contribution in [3.8, 4) is 17.1 Å². The second kappa shape index (κ2) is 6.55. The van der Waals surface area contributed by atoms with Crippen molar-refractivity contribution in [2.24, 2.45) is 0 Å². The highest BCUT2D eigenvalue weighted by Gasteiger charge is 2.23. The lowest BCUT2D eigenvalue weighted by Crippen LogP contribution is -2.12. The van der Waals surface area contributed by atoms with Crippen LogP contribution in [0.15, 0.2) is 12.1 Å². The van der Waals surface area contributed by atoms with Crippen molar-refractivity contribution in [1.82, 2.24) is 9.97 Å². The van der Waals surface area contributed by atoms with Crippen LogP contribution in [0.5, 0.6) is 5.75 Å². The quantitative estimate of drug-likeness (QED) is 0.869. The molecule has 2 rings (SSSR count). The smallest absolute Gasteiger partial charge is 0.360 e. The molecule has 0 aliphatic carbocycles. The molecule has 0 amide bonds. The summed E-state index contributed by atoms with van der Waals surface area (Å²) in [5.74, 6) is -2.65. The lowest BCUT2D eigenvalue weighted by molar-refractivity contribution is 0.0590. The molecule has 122 valence electrons. The van der Waals surface area contributed by atoms with E-state index >= 15 is 0 Å². The number of esters is 1. The van der Waals surface area contributed by atoms with Crippen LogP contribution in [0.1, 0.15) is 23.0 Å². The monoisotopic (exact) mass is 323 g/mol.